The van der Waals surface area contributed by atoms with E-state index in [-0.39, 0.29) is 16.8 Å². The van der Waals surface area contributed by atoms with Crippen molar-refractivity contribution in [2.45, 2.75) is 55.8 Å². The molecular formula is C15H21Cl2NO2S. The van der Waals surface area contributed by atoms with Crippen molar-refractivity contribution in [3.63, 3.8) is 0 Å². The number of sulfonamides is 1. The highest BCUT2D eigenvalue weighted by atomic mass is 35.5. The summed E-state index contributed by atoms with van der Waals surface area (Å²) < 4.78 is 27.3. The number of rotatable bonds is 5. The zero-order valence-electron chi connectivity index (χ0n) is 12.2. The molecule has 21 heavy (non-hydrogen) atoms. The van der Waals surface area contributed by atoms with Gasteiger partial charge >= 0.3 is 0 Å². The number of halogens is 2. The zero-order valence-corrected chi connectivity index (χ0v) is 14.5. The minimum atomic E-state index is -3.49. The molecule has 0 aliphatic heterocycles. The lowest BCUT2D eigenvalue weighted by molar-refractivity contribution is 0.261. The van der Waals surface area contributed by atoms with Gasteiger partial charge in [-0.3, -0.25) is 0 Å². The maximum absolute atomic E-state index is 12.8. The van der Waals surface area contributed by atoms with Gasteiger partial charge in [0.05, 0.1) is 4.90 Å². The third kappa shape index (κ3) is 3.73. The molecule has 0 N–H and O–H groups in total. The second kappa shape index (κ2) is 7.32. The molecule has 6 heteroatoms. The van der Waals surface area contributed by atoms with Crippen LogP contribution in [0, 0.1) is 0 Å². The van der Waals surface area contributed by atoms with E-state index in [1.807, 2.05) is 6.92 Å². The largest absolute Gasteiger partial charge is 0.243 e. The van der Waals surface area contributed by atoms with E-state index in [1.165, 1.54) is 12.5 Å². The van der Waals surface area contributed by atoms with Crippen molar-refractivity contribution in [3.05, 3.63) is 28.8 Å². The first-order valence-electron chi connectivity index (χ1n) is 7.37. The molecule has 118 valence electrons. The van der Waals surface area contributed by atoms with Crippen molar-refractivity contribution in [2.24, 2.45) is 0 Å². The molecule has 1 saturated carbocycles. The quantitative estimate of drug-likeness (QED) is 0.737. The summed E-state index contributed by atoms with van der Waals surface area (Å²) >= 11 is 11.9. The van der Waals surface area contributed by atoms with Crippen LogP contribution < -0.4 is 0 Å². The molecule has 0 saturated heterocycles. The van der Waals surface area contributed by atoms with Crippen LogP contribution in [0.25, 0.3) is 0 Å². The summed E-state index contributed by atoms with van der Waals surface area (Å²) in [4.78, 5) is 0.258. The lowest BCUT2D eigenvalue weighted by Gasteiger charge is -2.32. The monoisotopic (exact) mass is 349 g/mol. The highest BCUT2D eigenvalue weighted by Crippen LogP contribution is 2.29. The summed E-state index contributed by atoms with van der Waals surface area (Å²) in [5.74, 6) is 0.277. The minimum Gasteiger partial charge on any atom is -0.207 e. The van der Waals surface area contributed by atoms with Gasteiger partial charge in [-0.05, 0) is 30.5 Å². The van der Waals surface area contributed by atoms with Crippen LogP contribution in [0.15, 0.2) is 23.1 Å². The Morgan fingerprint density at radius 3 is 2.43 bits per heavy atom. The molecule has 1 aliphatic carbocycles. The van der Waals surface area contributed by atoms with E-state index in [2.05, 4.69) is 0 Å². The molecule has 1 aromatic carbocycles. The maximum atomic E-state index is 12.8. The fraction of sp³-hybridized carbons (Fsp3) is 0.600. The van der Waals surface area contributed by atoms with Crippen LogP contribution >= 0.6 is 23.2 Å². The average molecular weight is 350 g/mol. The normalized spacial score (nSPS) is 17.3. The molecule has 0 amide bonds. The van der Waals surface area contributed by atoms with Crippen LogP contribution in [0.4, 0.5) is 0 Å². The summed E-state index contributed by atoms with van der Waals surface area (Å²) in [6.07, 6.45) is 5.29. The Hall–Kier alpha value is -0.290. The lowest BCUT2D eigenvalue weighted by atomic mass is 9.95. The topological polar surface area (TPSA) is 37.4 Å². The molecular weight excluding hydrogens is 329 g/mol. The Balaban J connectivity index is 2.32. The lowest BCUT2D eigenvalue weighted by Crippen LogP contribution is -2.41. The summed E-state index contributed by atoms with van der Waals surface area (Å²) in [5.41, 5.74) is 0.748. The zero-order chi connectivity index (χ0) is 15.5. The van der Waals surface area contributed by atoms with Gasteiger partial charge in [0.2, 0.25) is 10.0 Å². The summed E-state index contributed by atoms with van der Waals surface area (Å²) in [7, 11) is -3.49. The molecule has 0 unspecified atom stereocenters. The second-order valence-electron chi connectivity index (χ2n) is 5.39. The standard InChI is InChI=1S/C15H21Cl2NO2S/c1-2-18(13-6-4-3-5-7-13)21(19,20)14-9-8-12(11-16)15(17)10-14/h8-10,13H,2-7,11H2,1H3. The molecule has 1 aliphatic rings. The molecule has 0 spiro atoms. The summed E-state index contributed by atoms with van der Waals surface area (Å²) in [6, 6.07) is 4.92. The molecule has 0 aromatic heterocycles. The summed E-state index contributed by atoms with van der Waals surface area (Å²) in [6.45, 7) is 2.38. The average Bonchev–Trinajstić information content (AvgIpc) is 2.48. The molecule has 0 heterocycles. The molecule has 0 radical (unpaired) electrons. The first-order valence-corrected chi connectivity index (χ1v) is 9.72. The predicted molar refractivity (Wildman–Crippen MR) is 87.4 cm³/mol. The fourth-order valence-electron chi connectivity index (χ4n) is 2.93. The van der Waals surface area contributed by atoms with E-state index in [0.29, 0.717) is 11.6 Å². The molecule has 1 aromatic rings. The second-order valence-corrected chi connectivity index (χ2v) is 7.95. The van der Waals surface area contributed by atoms with Crippen LogP contribution in [-0.2, 0) is 15.9 Å². The number of hydrogen-bond acceptors (Lipinski definition) is 2. The van der Waals surface area contributed by atoms with Crippen LogP contribution in [0.5, 0.6) is 0 Å². The molecule has 0 atom stereocenters. The van der Waals surface area contributed by atoms with Gasteiger partial charge in [0.1, 0.15) is 0 Å². The molecule has 0 bridgehead atoms. The van der Waals surface area contributed by atoms with E-state index >= 15 is 0 Å². The number of alkyl halides is 1. The highest BCUT2D eigenvalue weighted by molar-refractivity contribution is 7.89. The van der Waals surface area contributed by atoms with Crippen molar-refractivity contribution in [2.75, 3.05) is 6.54 Å². The van der Waals surface area contributed by atoms with Crippen molar-refractivity contribution in [3.8, 4) is 0 Å². The van der Waals surface area contributed by atoms with Crippen molar-refractivity contribution < 1.29 is 8.42 Å². The van der Waals surface area contributed by atoms with E-state index < -0.39 is 10.0 Å². The smallest absolute Gasteiger partial charge is 0.207 e. The van der Waals surface area contributed by atoms with Gasteiger partial charge < -0.3 is 0 Å². The van der Waals surface area contributed by atoms with Crippen LogP contribution in [0.3, 0.4) is 0 Å². The third-order valence-corrected chi connectivity index (χ3v) is 6.73. The van der Waals surface area contributed by atoms with E-state index in [9.17, 15) is 8.42 Å². The van der Waals surface area contributed by atoms with Crippen molar-refractivity contribution in [1.29, 1.82) is 0 Å². The van der Waals surface area contributed by atoms with Gasteiger partial charge in [-0.1, -0.05) is 43.9 Å². The van der Waals surface area contributed by atoms with E-state index in [0.717, 1.165) is 31.2 Å². The number of nitrogens with zero attached hydrogens (tertiary/aromatic N) is 1. The van der Waals surface area contributed by atoms with Crippen LogP contribution in [0.1, 0.15) is 44.6 Å². The van der Waals surface area contributed by atoms with Gasteiger partial charge in [0, 0.05) is 23.5 Å². The highest BCUT2D eigenvalue weighted by Gasteiger charge is 2.31. The third-order valence-electron chi connectivity index (χ3n) is 4.07. The predicted octanol–water partition coefficient (Wildman–Crippen LogP) is 4.42. The maximum Gasteiger partial charge on any atom is 0.243 e. The van der Waals surface area contributed by atoms with Gasteiger partial charge in [-0.15, -0.1) is 11.6 Å². The van der Waals surface area contributed by atoms with Gasteiger partial charge in [-0.25, -0.2) is 8.42 Å². The Bertz CT molecular complexity index is 583. The molecule has 2 rings (SSSR count). The van der Waals surface area contributed by atoms with Gasteiger partial charge in [0.25, 0.3) is 0 Å². The van der Waals surface area contributed by atoms with Gasteiger partial charge in [-0.2, -0.15) is 4.31 Å². The van der Waals surface area contributed by atoms with Crippen LogP contribution in [0.2, 0.25) is 5.02 Å². The van der Waals surface area contributed by atoms with Crippen molar-refractivity contribution >= 4 is 33.2 Å². The van der Waals surface area contributed by atoms with E-state index in [4.69, 9.17) is 23.2 Å². The molecule has 3 nitrogen and oxygen atoms in total. The first kappa shape index (κ1) is 17.1. The van der Waals surface area contributed by atoms with Gasteiger partial charge in [0.15, 0.2) is 0 Å². The Morgan fingerprint density at radius 1 is 1.24 bits per heavy atom. The van der Waals surface area contributed by atoms with Crippen LogP contribution in [-0.4, -0.2) is 25.3 Å². The summed E-state index contributed by atoms with van der Waals surface area (Å²) in [5, 5.41) is 0.408. The minimum absolute atomic E-state index is 0.111. The molecule has 1 fully saturated rings. The first-order chi connectivity index (χ1) is 10.0. The Morgan fingerprint density at radius 2 is 1.90 bits per heavy atom. The number of hydrogen-bond donors (Lipinski definition) is 0. The number of benzene rings is 1. The van der Waals surface area contributed by atoms with Crippen molar-refractivity contribution in [1.82, 2.24) is 4.31 Å². The SMILES string of the molecule is CCN(C1CCCCC1)S(=O)(=O)c1ccc(CCl)c(Cl)c1. The fourth-order valence-corrected chi connectivity index (χ4v) is 5.26. The Kier molecular flexibility index (Phi) is 5.95. The Labute approximate surface area is 137 Å². The van der Waals surface area contributed by atoms with E-state index in [1.54, 1.807) is 16.4 Å².